The van der Waals surface area contributed by atoms with Crippen molar-refractivity contribution in [2.45, 2.75) is 25.9 Å². The SMILES string of the molecule is CC(C)N(CC(=O)N1c2ccccc2-n2cccc2C1c1ccc(Cl)cc1)C(=O)c1ccc(F)cc1. The Hall–Kier alpha value is -3.90. The van der Waals surface area contributed by atoms with Gasteiger partial charge in [-0.25, -0.2) is 4.39 Å². The van der Waals surface area contributed by atoms with E-state index >= 15 is 0 Å². The summed E-state index contributed by atoms with van der Waals surface area (Å²) >= 11 is 6.16. The first-order valence-corrected chi connectivity index (χ1v) is 12.1. The summed E-state index contributed by atoms with van der Waals surface area (Å²) in [4.78, 5) is 30.7. The summed E-state index contributed by atoms with van der Waals surface area (Å²) in [5.74, 6) is -0.966. The van der Waals surface area contributed by atoms with Crippen LogP contribution in [0.4, 0.5) is 10.1 Å². The van der Waals surface area contributed by atoms with Crippen LogP contribution in [0.5, 0.6) is 0 Å². The average molecular weight is 502 g/mol. The van der Waals surface area contributed by atoms with E-state index in [1.165, 1.54) is 29.2 Å². The van der Waals surface area contributed by atoms with E-state index in [9.17, 15) is 14.0 Å². The maximum Gasteiger partial charge on any atom is 0.254 e. The molecule has 2 amide bonds. The Morgan fingerprint density at radius 2 is 1.58 bits per heavy atom. The summed E-state index contributed by atoms with van der Waals surface area (Å²) in [6, 6.07) is 23.9. The topological polar surface area (TPSA) is 45.6 Å². The second kappa shape index (κ2) is 9.63. The van der Waals surface area contributed by atoms with Gasteiger partial charge in [-0.05, 0) is 80.1 Å². The van der Waals surface area contributed by atoms with Crippen LogP contribution in [0.3, 0.4) is 0 Å². The molecule has 5 rings (SSSR count). The predicted molar refractivity (Wildman–Crippen MR) is 139 cm³/mol. The summed E-state index contributed by atoms with van der Waals surface area (Å²) in [5, 5.41) is 0.610. The minimum atomic E-state index is -0.419. The molecule has 0 aliphatic carbocycles. The highest BCUT2D eigenvalue weighted by Crippen LogP contribution is 2.42. The van der Waals surface area contributed by atoms with Crippen LogP contribution in [0.1, 0.15) is 41.5 Å². The van der Waals surface area contributed by atoms with E-state index in [1.54, 1.807) is 4.90 Å². The molecule has 1 aliphatic rings. The molecule has 182 valence electrons. The molecule has 0 spiro atoms. The van der Waals surface area contributed by atoms with Crippen molar-refractivity contribution in [1.82, 2.24) is 9.47 Å². The van der Waals surface area contributed by atoms with Gasteiger partial charge in [-0.15, -0.1) is 0 Å². The van der Waals surface area contributed by atoms with Gasteiger partial charge in [0.2, 0.25) is 5.91 Å². The number of benzene rings is 3. The minimum absolute atomic E-state index is 0.132. The quantitative estimate of drug-likeness (QED) is 0.324. The van der Waals surface area contributed by atoms with E-state index in [-0.39, 0.29) is 24.4 Å². The number of para-hydroxylation sites is 2. The minimum Gasteiger partial charge on any atom is -0.327 e. The van der Waals surface area contributed by atoms with Gasteiger partial charge >= 0.3 is 0 Å². The Balaban J connectivity index is 1.56. The Kier molecular flexibility index (Phi) is 6.37. The molecule has 1 aromatic heterocycles. The van der Waals surface area contributed by atoms with Gasteiger partial charge in [-0.2, -0.15) is 0 Å². The third kappa shape index (κ3) is 4.29. The van der Waals surface area contributed by atoms with Crippen LogP contribution < -0.4 is 4.90 Å². The lowest BCUT2D eigenvalue weighted by atomic mass is 9.97. The zero-order valence-corrected chi connectivity index (χ0v) is 20.7. The number of halogens is 2. The molecule has 0 N–H and O–H groups in total. The molecule has 4 aromatic rings. The fourth-order valence-corrected chi connectivity index (χ4v) is 4.82. The number of carbonyl (C=O) groups is 2. The largest absolute Gasteiger partial charge is 0.327 e. The molecule has 0 fully saturated rings. The van der Waals surface area contributed by atoms with Crippen LogP contribution in [0, 0.1) is 5.82 Å². The second-order valence-corrected chi connectivity index (χ2v) is 9.48. The first kappa shape index (κ1) is 23.8. The Bertz CT molecular complexity index is 1410. The number of carbonyl (C=O) groups excluding carboxylic acids is 2. The molecule has 5 nitrogen and oxygen atoms in total. The molecule has 2 heterocycles. The number of rotatable bonds is 5. The number of nitrogens with zero attached hydrogens (tertiary/aromatic N) is 3. The molecule has 1 atom stereocenters. The van der Waals surface area contributed by atoms with Crippen molar-refractivity contribution in [2.24, 2.45) is 0 Å². The van der Waals surface area contributed by atoms with Gasteiger partial charge < -0.3 is 9.47 Å². The van der Waals surface area contributed by atoms with Crippen molar-refractivity contribution in [3.63, 3.8) is 0 Å². The third-order valence-electron chi connectivity index (χ3n) is 6.45. The number of amides is 2. The van der Waals surface area contributed by atoms with Crippen LogP contribution in [0.2, 0.25) is 5.02 Å². The molecule has 0 saturated carbocycles. The van der Waals surface area contributed by atoms with Crippen LogP contribution in [-0.4, -0.2) is 33.9 Å². The molecule has 7 heteroatoms. The zero-order chi connectivity index (χ0) is 25.4. The van der Waals surface area contributed by atoms with E-state index in [0.717, 1.165) is 22.6 Å². The van der Waals surface area contributed by atoms with E-state index in [1.807, 2.05) is 80.7 Å². The Labute approximate surface area is 214 Å². The second-order valence-electron chi connectivity index (χ2n) is 9.04. The lowest BCUT2D eigenvalue weighted by Gasteiger charge is -2.40. The third-order valence-corrected chi connectivity index (χ3v) is 6.71. The van der Waals surface area contributed by atoms with Gasteiger partial charge in [-0.1, -0.05) is 35.9 Å². The Morgan fingerprint density at radius 1 is 0.917 bits per heavy atom. The molecule has 0 saturated heterocycles. The van der Waals surface area contributed by atoms with Crippen molar-refractivity contribution in [3.8, 4) is 5.69 Å². The molecular weight excluding hydrogens is 477 g/mol. The molecule has 1 unspecified atom stereocenters. The standard InChI is InChI=1S/C29H25ClFN3O2/c1-19(2)33(29(36)21-11-15-23(31)16-12-21)18-27(35)34-25-7-4-3-6-24(25)32-17-5-8-26(32)28(34)20-9-13-22(30)14-10-20/h3-17,19,28H,18H2,1-2H3. The monoisotopic (exact) mass is 501 g/mol. The lowest BCUT2D eigenvalue weighted by Crippen LogP contribution is -2.48. The van der Waals surface area contributed by atoms with Crippen molar-refractivity contribution in [2.75, 3.05) is 11.4 Å². The smallest absolute Gasteiger partial charge is 0.254 e. The van der Waals surface area contributed by atoms with E-state index in [4.69, 9.17) is 11.6 Å². The van der Waals surface area contributed by atoms with Gasteiger partial charge in [0, 0.05) is 22.8 Å². The van der Waals surface area contributed by atoms with Crippen LogP contribution >= 0.6 is 11.6 Å². The number of hydrogen-bond donors (Lipinski definition) is 0. The molecule has 3 aromatic carbocycles. The Morgan fingerprint density at radius 3 is 2.25 bits per heavy atom. The number of hydrogen-bond acceptors (Lipinski definition) is 2. The van der Waals surface area contributed by atoms with Crippen LogP contribution in [0.25, 0.3) is 5.69 Å². The molecule has 1 aliphatic heterocycles. The average Bonchev–Trinajstić information content (AvgIpc) is 3.37. The first-order valence-electron chi connectivity index (χ1n) is 11.8. The van der Waals surface area contributed by atoms with E-state index in [0.29, 0.717) is 10.6 Å². The summed E-state index contributed by atoms with van der Waals surface area (Å²) in [7, 11) is 0. The van der Waals surface area contributed by atoms with Gasteiger partial charge in [0.05, 0.1) is 17.1 Å². The summed E-state index contributed by atoms with van der Waals surface area (Å²) in [5.41, 5.74) is 3.81. The van der Waals surface area contributed by atoms with Crippen molar-refractivity contribution in [1.29, 1.82) is 0 Å². The van der Waals surface area contributed by atoms with Crippen LogP contribution in [0.15, 0.2) is 91.1 Å². The molecule has 36 heavy (non-hydrogen) atoms. The fourth-order valence-electron chi connectivity index (χ4n) is 4.69. The lowest BCUT2D eigenvalue weighted by molar-refractivity contribution is -0.120. The van der Waals surface area contributed by atoms with Crippen LogP contribution in [-0.2, 0) is 4.79 Å². The molecule has 0 radical (unpaired) electrons. The number of aromatic nitrogens is 1. The maximum absolute atomic E-state index is 14.1. The van der Waals surface area contributed by atoms with Crippen molar-refractivity contribution < 1.29 is 14.0 Å². The maximum atomic E-state index is 14.1. The highest BCUT2D eigenvalue weighted by molar-refractivity contribution is 6.30. The number of anilines is 1. The number of fused-ring (bicyclic) bond motifs is 3. The zero-order valence-electron chi connectivity index (χ0n) is 19.9. The highest BCUT2D eigenvalue weighted by atomic mass is 35.5. The van der Waals surface area contributed by atoms with E-state index in [2.05, 4.69) is 4.57 Å². The summed E-state index contributed by atoms with van der Waals surface area (Å²) in [6.45, 7) is 3.59. The van der Waals surface area contributed by atoms with Crippen molar-refractivity contribution >= 4 is 29.1 Å². The highest BCUT2D eigenvalue weighted by Gasteiger charge is 2.37. The predicted octanol–water partition coefficient (Wildman–Crippen LogP) is 6.26. The van der Waals surface area contributed by atoms with Gasteiger partial charge in [0.1, 0.15) is 18.4 Å². The normalized spacial score (nSPS) is 14.4. The molecular formula is C29H25ClFN3O2. The summed E-state index contributed by atoms with van der Waals surface area (Å²) < 4.78 is 15.5. The van der Waals surface area contributed by atoms with Crippen molar-refractivity contribution in [3.05, 3.63) is 119 Å². The first-order chi connectivity index (χ1) is 17.3. The van der Waals surface area contributed by atoms with Gasteiger partial charge in [0.25, 0.3) is 5.91 Å². The molecule has 0 bridgehead atoms. The summed E-state index contributed by atoms with van der Waals surface area (Å²) in [6.07, 6.45) is 1.98. The van der Waals surface area contributed by atoms with Gasteiger partial charge in [-0.3, -0.25) is 14.5 Å². The van der Waals surface area contributed by atoms with Gasteiger partial charge in [0.15, 0.2) is 0 Å². The fraction of sp³-hybridized carbons (Fsp3) is 0.172. The van der Waals surface area contributed by atoms with E-state index < -0.39 is 11.9 Å².